The molecule has 1 aliphatic carbocycles. The number of nitrogens with zero attached hydrogens (tertiary/aromatic N) is 1. The summed E-state index contributed by atoms with van der Waals surface area (Å²) in [6.45, 7) is 4.03. The minimum atomic E-state index is 0.0519. The van der Waals surface area contributed by atoms with E-state index in [4.69, 9.17) is 9.47 Å². The van der Waals surface area contributed by atoms with Gasteiger partial charge in [0.1, 0.15) is 0 Å². The number of amides is 1. The number of ether oxygens (including phenoxy) is 2. The Morgan fingerprint density at radius 1 is 1.38 bits per heavy atom. The molecule has 1 N–H and O–H groups in total. The van der Waals surface area contributed by atoms with Crippen LogP contribution in [0.15, 0.2) is 24.3 Å². The highest BCUT2D eigenvalue weighted by atomic mass is 16.5. The quantitative estimate of drug-likeness (QED) is 0.900. The summed E-state index contributed by atoms with van der Waals surface area (Å²) in [5.74, 6) is 0.0519. The van der Waals surface area contributed by atoms with Crippen LogP contribution >= 0.6 is 0 Å². The number of methoxy groups -OCH3 is 1. The third kappa shape index (κ3) is 3.97. The van der Waals surface area contributed by atoms with Gasteiger partial charge in [0.25, 0.3) is 0 Å². The topological polar surface area (TPSA) is 50.8 Å². The molecule has 0 spiro atoms. The van der Waals surface area contributed by atoms with E-state index in [1.807, 2.05) is 18.2 Å². The maximum atomic E-state index is 12.5. The van der Waals surface area contributed by atoms with Gasteiger partial charge in [0.05, 0.1) is 25.4 Å². The molecule has 1 aromatic rings. The van der Waals surface area contributed by atoms with E-state index < -0.39 is 0 Å². The molecule has 3 rings (SSSR count). The third-order valence-electron chi connectivity index (χ3n) is 5.24. The summed E-state index contributed by atoms with van der Waals surface area (Å²) < 4.78 is 11.4. The number of hydrogen-bond acceptors (Lipinski definition) is 4. The van der Waals surface area contributed by atoms with Crippen LogP contribution < -0.4 is 5.32 Å². The summed E-state index contributed by atoms with van der Waals surface area (Å²) in [7, 11) is 1.77. The fraction of sp³-hybridized carbons (Fsp3) is 0.632. The van der Waals surface area contributed by atoms with Gasteiger partial charge in [-0.1, -0.05) is 25.1 Å². The average Bonchev–Trinajstić information content (AvgIpc) is 2.62. The Hall–Kier alpha value is -1.43. The number of hydrogen-bond donors (Lipinski definition) is 1. The number of aryl methyl sites for hydroxylation is 1. The zero-order valence-corrected chi connectivity index (χ0v) is 14.7. The molecule has 0 unspecified atom stereocenters. The molecule has 1 aliphatic heterocycles. The van der Waals surface area contributed by atoms with Crippen LogP contribution in [-0.4, -0.2) is 55.9 Å². The van der Waals surface area contributed by atoms with Gasteiger partial charge in [-0.05, 0) is 37.3 Å². The van der Waals surface area contributed by atoms with E-state index in [-0.39, 0.29) is 24.2 Å². The molecular formula is C19H28N2O3. The maximum Gasteiger partial charge on any atom is 0.238 e. The van der Waals surface area contributed by atoms with Crippen LogP contribution in [0, 0.1) is 0 Å². The van der Waals surface area contributed by atoms with Crippen molar-refractivity contribution in [3.63, 3.8) is 0 Å². The molecule has 5 heteroatoms. The minimum Gasteiger partial charge on any atom is -0.381 e. The van der Waals surface area contributed by atoms with E-state index in [0.717, 1.165) is 37.9 Å². The second kappa shape index (κ2) is 8.10. The van der Waals surface area contributed by atoms with Crippen LogP contribution in [0.1, 0.15) is 31.7 Å². The molecule has 0 radical (unpaired) electrons. The number of anilines is 1. The van der Waals surface area contributed by atoms with E-state index in [9.17, 15) is 4.79 Å². The van der Waals surface area contributed by atoms with Crippen molar-refractivity contribution in [2.24, 2.45) is 0 Å². The molecule has 2 aliphatic rings. The van der Waals surface area contributed by atoms with Gasteiger partial charge in [-0.2, -0.15) is 0 Å². The number of nitrogens with one attached hydrogen (secondary N) is 1. The average molecular weight is 332 g/mol. The first-order valence-electron chi connectivity index (χ1n) is 8.97. The highest BCUT2D eigenvalue weighted by molar-refractivity contribution is 5.93. The van der Waals surface area contributed by atoms with E-state index in [0.29, 0.717) is 13.2 Å². The Labute approximate surface area is 144 Å². The van der Waals surface area contributed by atoms with Crippen molar-refractivity contribution in [2.45, 2.75) is 50.9 Å². The molecule has 0 aromatic heterocycles. The SMILES string of the molecule is CCc1ccccc1NC(=O)CN1CCO[C@@H]2CC[C@@H](OC)C[C@H]21. The fourth-order valence-corrected chi connectivity index (χ4v) is 3.88. The van der Waals surface area contributed by atoms with Gasteiger partial charge in [0.15, 0.2) is 0 Å². The van der Waals surface area contributed by atoms with Crippen molar-refractivity contribution in [1.82, 2.24) is 4.90 Å². The molecule has 3 atom stereocenters. The number of para-hydroxylation sites is 1. The van der Waals surface area contributed by atoms with Gasteiger partial charge in [0, 0.05) is 25.4 Å². The summed E-state index contributed by atoms with van der Waals surface area (Å²) in [4.78, 5) is 14.8. The lowest BCUT2D eigenvalue weighted by molar-refractivity contribution is -0.130. The van der Waals surface area contributed by atoms with E-state index >= 15 is 0 Å². The second-order valence-corrected chi connectivity index (χ2v) is 6.68. The Balaban J connectivity index is 1.62. The highest BCUT2D eigenvalue weighted by Gasteiger charge is 2.38. The van der Waals surface area contributed by atoms with Crippen molar-refractivity contribution < 1.29 is 14.3 Å². The second-order valence-electron chi connectivity index (χ2n) is 6.68. The standard InChI is InChI=1S/C19H28N2O3/c1-3-14-6-4-5-7-16(14)20-19(22)13-21-10-11-24-18-9-8-15(23-2)12-17(18)21/h4-7,15,17-18H,3,8-13H2,1-2H3,(H,20,22)/t15-,17-,18-/m1/s1. The Kier molecular flexibility index (Phi) is 5.87. The predicted molar refractivity (Wildman–Crippen MR) is 94.2 cm³/mol. The van der Waals surface area contributed by atoms with Crippen molar-refractivity contribution in [3.05, 3.63) is 29.8 Å². The molecule has 1 saturated heterocycles. The van der Waals surface area contributed by atoms with Gasteiger partial charge in [-0.25, -0.2) is 0 Å². The van der Waals surface area contributed by atoms with Crippen LogP contribution in [0.2, 0.25) is 0 Å². The van der Waals surface area contributed by atoms with Crippen molar-refractivity contribution in [1.29, 1.82) is 0 Å². The molecule has 24 heavy (non-hydrogen) atoms. The lowest BCUT2D eigenvalue weighted by atomic mass is 9.88. The van der Waals surface area contributed by atoms with Gasteiger partial charge in [0.2, 0.25) is 5.91 Å². The first kappa shape index (κ1) is 17.4. The van der Waals surface area contributed by atoms with Crippen LogP contribution in [0.4, 0.5) is 5.69 Å². The van der Waals surface area contributed by atoms with Crippen LogP contribution in [0.25, 0.3) is 0 Å². The Bertz CT molecular complexity index is 563. The normalized spacial score (nSPS) is 27.5. The first-order chi connectivity index (χ1) is 11.7. The monoisotopic (exact) mass is 332 g/mol. The van der Waals surface area contributed by atoms with Crippen molar-refractivity contribution in [3.8, 4) is 0 Å². The lowest BCUT2D eigenvalue weighted by Crippen LogP contribution is -2.56. The van der Waals surface area contributed by atoms with Crippen LogP contribution in [-0.2, 0) is 20.7 Å². The number of rotatable bonds is 5. The van der Waals surface area contributed by atoms with E-state index in [2.05, 4.69) is 23.2 Å². The number of carbonyl (C=O) groups is 1. The van der Waals surface area contributed by atoms with Crippen LogP contribution in [0.5, 0.6) is 0 Å². The molecule has 2 fully saturated rings. The number of morpholine rings is 1. The van der Waals surface area contributed by atoms with Gasteiger partial charge < -0.3 is 14.8 Å². The zero-order chi connectivity index (χ0) is 16.9. The number of carbonyl (C=O) groups excluding carboxylic acids is 1. The van der Waals surface area contributed by atoms with Crippen molar-refractivity contribution >= 4 is 11.6 Å². The number of fused-ring (bicyclic) bond motifs is 1. The Morgan fingerprint density at radius 2 is 2.21 bits per heavy atom. The summed E-state index contributed by atoms with van der Waals surface area (Å²) in [5.41, 5.74) is 2.09. The van der Waals surface area contributed by atoms with E-state index in [1.54, 1.807) is 7.11 Å². The maximum absolute atomic E-state index is 12.5. The summed E-state index contributed by atoms with van der Waals surface area (Å²) in [5, 5.41) is 3.08. The molecule has 1 aromatic carbocycles. The van der Waals surface area contributed by atoms with Crippen molar-refractivity contribution in [2.75, 3.05) is 32.1 Å². The molecular weight excluding hydrogens is 304 g/mol. The largest absolute Gasteiger partial charge is 0.381 e. The summed E-state index contributed by atoms with van der Waals surface area (Å²) in [6, 6.07) is 8.28. The zero-order valence-electron chi connectivity index (χ0n) is 14.7. The molecule has 1 heterocycles. The number of benzene rings is 1. The molecule has 132 valence electrons. The third-order valence-corrected chi connectivity index (χ3v) is 5.24. The van der Waals surface area contributed by atoms with E-state index in [1.165, 1.54) is 5.56 Å². The molecule has 0 bridgehead atoms. The fourth-order valence-electron chi connectivity index (χ4n) is 3.88. The summed E-state index contributed by atoms with van der Waals surface area (Å²) in [6.07, 6.45) is 4.43. The van der Waals surface area contributed by atoms with Gasteiger partial charge in [-0.15, -0.1) is 0 Å². The first-order valence-corrected chi connectivity index (χ1v) is 8.97. The predicted octanol–water partition coefficient (Wildman–Crippen LogP) is 2.46. The van der Waals surface area contributed by atoms with Gasteiger partial charge in [-0.3, -0.25) is 9.69 Å². The van der Waals surface area contributed by atoms with Gasteiger partial charge >= 0.3 is 0 Å². The van der Waals surface area contributed by atoms with Crippen LogP contribution in [0.3, 0.4) is 0 Å². The minimum absolute atomic E-state index is 0.0519. The molecule has 5 nitrogen and oxygen atoms in total. The molecule has 1 saturated carbocycles. The summed E-state index contributed by atoms with van der Waals surface area (Å²) >= 11 is 0. The Morgan fingerprint density at radius 3 is 3.00 bits per heavy atom. The molecule has 1 amide bonds. The highest BCUT2D eigenvalue weighted by Crippen LogP contribution is 2.30. The smallest absolute Gasteiger partial charge is 0.238 e. The lowest BCUT2D eigenvalue weighted by Gasteiger charge is -2.45.